The first kappa shape index (κ1) is 13.7. The molecule has 1 aliphatic rings. The van der Waals surface area contributed by atoms with Crippen LogP contribution >= 0.6 is 11.8 Å². The molecule has 108 valence electrons. The number of thioether (sulfide) groups is 1. The van der Waals surface area contributed by atoms with E-state index in [0.29, 0.717) is 17.5 Å². The van der Waals surface area contributed by atoms with E-state index in [9.17, 15) is 9.59 Å². The molecule has 1 unspecified atom stereocenters. The van der Waals surface area contributed by atoms with Gasteiger partial charge >= 0.3 is 0 Å². The summed E-state index contributed by atoms with van der Waals surface area (Å²) in [5, 5.41) is 3.34. The zero-order valence-electron chi connectivity index (χ0n) is 11.3. The van der Waals surface area contributed by atoms with Crippen LogP contribution in [0.25, 0.3) is 0 Å². The topological polar surface area (TPSA) is 89.8 Å². The van der Waals surface area contributed by atoms with Crippen molar-refractivity contribution in [1.29, 1.82) is 0 Å². The quantitative estimate of drug-likeness (QED) is 0.822. The molecule has 0 saturated heterocycles. The summed E-state index contributed by atoms with van der Waals surface area (Å²) in [5.41, 5.74) is 0.640. The van der Waals surface area contributed by atoms with Gasteiger partial charge in [-0.3, -0.25) is 19.5 Å². The number of aryl methyl sites for hydroxylation is 1. The maximum atomic E-state index is 12.3. The molecule has 0 radical (unpaired) electrons. The minimum Gasteiger partial charge on any atom is -0.294 e. The van der Waals surface area contributed by atoms with Crippen molar-refractivity contribution in [1.82, 2.24) is 19.5 Å². The van der Waals surface area contributed by atoms with Gasteiger partial charge in [0.1, 0.15) is 0 Å². The molecule has 2 aromatic rings. The van der Waals surface area contributed by atoms with Crippen LogP contribution in [0.15, 0.2) is 34.5 Å². The van der Waals surface area contributed by atoms with E-state index in [1.807, 2.05) is 6.92 Å². The second-order valence-electron chi connectivity index (χ2n) is 4.70. The molecule has 21 heavy (non-hydrogen) atoms. The first-order chi connectivity index (χ1) is 10.1. The van der Waals surface area contributed by atoms with Gasteiger partial charge in [0.15, 0.2) is 5.16 Å². The molecule has 1 atom stereocenters. The van der Waals surface area contributed by atoms with Gasteiger partial charge < -0.3 is 0 Å². The first-order valence-corrected chi connectivity index (χ1v) is 7.41. The fourth-order valence-electron chi connectivity index (χ4n) is 2.03. The minimum absolute atomic E-state index is 0.142. The van der Waals surface area contributed by atoms with Gasteiger partial charge in [0.25, 0.3) is 5.56 Å². The molecule has 1 amide bonds. The van der Waals surface area contributed by atoms with Gasteiger partial charge in [0.2, 0.25) is 11.9 Å². The molecule has 8 heteroatoms. The van der Waals surface area contributed by atoms with Crippen LogP contribution in [0.2, 0.25) is 0 Å². The van der Waals surface area contributed by atoms with E-state index in [2.05, 4.69) is 20.3 Å². The van der Waals surface area contributed by atoms with E-state index in [1.54, 1.807) is 12.3 Å². The maximum Gasteiger partial charge on any atom is 0.254 e. The summed E-state index contributed by atoms with van der Waals surface area (Å²) >= 11 is 1.40. The number of anilines is 1. The highest BCUT2D eigenvalue weighted by Gasteiger charge is 2.26. The highest BCUT2D eigenvalue weighted by molar-refractivity contribution is 7.99. The number of carbonyl (C=O) groups is 1. The minimum atomic E-state index is -0.312. The molecule has 0 spiro atoms. The molecule has 7 nitrogen and oxygen atoms in total. The molecule has 2 aromatic heterocycles. The van der Waals surface area contributed by atoms with Gasteiger partial charge in [-0.05, 0) is 13.0 Å². The normalized spacial score (nSPS) is 17.1. The summed E-state index contributed by atoms with van der Waals surface area (Å²) in [6.45, 7) is 2.15. The fraction of sp³-hybridized carbons (Fsp3) is 0.308. The number of rotatable bonds is 2. The van der Waals surface area contributed by atoms with E-state index >= 15 is 0 Å². The number of nitrogens with zero attached hydrogens (tertiary/aromatic N) is 4. The van der Waals surface area contributed by atoms with Gasteiger partial charge in [-0.1, -0.05) is 11.8 Å². The average Bonchev–Trinajstić information content (AvgIpc) is 2.47. The third-order valence-corrected chi connectivity index (χ3v) is 4.27. The number of aromatic nitrogens is 4. The summed E-state index contributed by atoms with van der Waals surface area (Å²) in [6.07, 6.45) is 3.08. The van der Waals surface area contributed by atoms with E-state index in [0.717, 1.165) is 5.69 Å². The maximum absolute atomic E-state index is 12.3. The van der Waals surface area contributed by atoms with Crippen molar-refractivity contribution >= 4 is 23.6 Å². The zero-order valence-corrected chi connectivity index (χ0v) is 12.1. The van der Waals surface area contributed by atoms with Gasteiger partial charge in [-0.15, -0.1) is 0 Å². The van der Waals surface area contributed by atoms with E-state index in [-0.39, 0.29) is 23.3 Å². The lowest BCUT2D eigenvalue weighted by Gasteiger charge is -2.23. The molecular weight excluding hydrogens is 290 g/mol. The molecule has 1 aliphatic heterocycles. The molecule has 3 rings (SSSR count). The number of hydrogen-bond acceptors (Lipinski definition) is 6. The Morgan fingerprint density at radius 1 is 1.38 bits per heavy atom. The lowest BCUT2D eigenvalue weighted by atomic mass is 10.1. The van der Waals surface area contributed by atoms with Gasteiger partial charge in [-0.25, -0.2) is 15.0 Å². The third kappa shape index (κ3) is 2.94. The standard InChI is InChI=1S/C13H13N5O2S/c1-8-2-4-14-12(16-8)17-11(20)9-6-18-10(19)3-5-15-13(18)21-7-9/h2-5,9H,6-7H2,1H3,(H,14,16,17,20). The van der Waals surface area contributed by atoms with Crippen LogP contribution in [0.5, 0.6) is 0 Å². The number of hydrogen-bond donors (Lipinski definition) is 1. The van der Waals surface area contributed by atoms with Gasteiger partial charge in [0.05, 0.1) is 5.92 Å². The van der Waals surface area contributed by atoms with Crippen LogP contribution in [0.3, 0.4) is 0 Å². The summed E-state index contributed by atoms with van der Waals surface area (Å²) in [4.78, 5) is 36.3. The van der Waals surface area contributed by atoms with Crippen LogP contribution in [0, 0.1) is 12.8 Å². The van der Waals surface area contributed by atoms with Crippen LogP contribution in [-0.4, -0.2) is 31.2 Å². The lowest BCUT2D eigenvalue weighted by Crippen LogP contribution is -2.36. The van der Waals surface area contributed by atoms with E-state index < -0.39 is 0 Å². The van der Waals surface area contributed by atoms with Crippen LogP contribution in [0.4, 0.5) is 5.95 Å². The van der Waals surface area contributed by atoms with Crippen molar-refractivity contribution in [3.63, 3.8) is 0 Å². The Morgan fingerprint density at radius 3 is 3.00 bits per heavy atom. The predicted molar refractivity (Wildman–Crippen MR) is 78.1 cm³/mol. The molecule has 0 bridgehead atoms. The van der Waals surface area contributed by atoms with Crippen molar-refractivity contribution in [3.8, 4) is 0 Å². The largest absolute Gasteiger partial charge is 0.294 e. The summed E-state index contributed by atoms with van der Waals surface area (Å²) < 4.78 is 1.52. The van der Waals surface area contributed by atoms with Gasteiger partial charge in [-0.2, -0.15) is 0 Å². The summed E-state index contributed by atoms with van der Waals surface area (Å²) in [7, 11) is 0. The monoisotopic (exact) mass is 303 g/mol. The van der Waals surface area contributed by atoms with Crippen LogP contribution < -0.4 is 10.9 Å². The molecule has 3 heterocycles. The molecule has 1 N–H and O–H groups in total. The smallest absolute Gasteiger partial charge is 0.254 e. The number of amides is 1. The van der Waals surface area contributed by atoms with E-state index in [4.69, 9.17) is 0 Å². The molecule has 0 fully saturated rings. The van der Waals surface area contributed by atoms with Crippen molar-refractivity contribution in [2.75, 3.05) is 11.1 Å². The van der Waals surface area contributed by atoms with Crippen molar-refractivity contribution in [3.05, 3.63) is 40.6 Å². The Balaban J connectivity index is 1.75. The second kappa shape index (κ2) is 5.65. The molecule has 0 aliphatic carbocycles. The summed E-state index contributed by atoms with van der Waals surface area (Å²) in [6, 6.07) is 3.15. The van der Waals surface area contributed by atoms with E-state index in [1.165, 1.54) is 28.6 Å². The van der Waals surface area contributed by atoms with Crippen molar-refractivity contribution in [2.24, 2.45) is 5.92 Å². The zero-order chi connectivity index (χ0) is 14.8. The Hall–Kier alpha value is -2.22. The Labute approximate surface area is 124 Å². The fourth-order valence-corrected chi connectivity index (χ4v) is 3.09. The Kier molecular flexibility index (Phi) is 3.70. The number of carbonyl (C=O) groups excluding carboxylic acids is 1. The highest BCUT2D eigenvalue weighted by Crippen LogP contribution is 2.25. The highest BCUT2D eigenvalue weighted by atomic mass is 32.2. The predicted octanol–water partition coefficient (Wildman–Crippen LogP) is 0.702. The first-order valence-electron chi connectivity index (χ1n) is 6.42. The summed E-state index contributed by atoms with van der Waals surface area (Å²) in [5.74, 6) is 0.367. The Bertz CT molecular complexity index is 745. The van der Waals surface area contributed by atoms with Crippen LogP contribution in [0.1, 0.15) is 5.69 Å². The lowest BCUT2D eigenvalue weighted by molar-refractivity contribution is -0.119. The molecular formula is C13H13N5O2S. The third-order valence-electron chi connectivity index (χ3n) is 3.12. The van der Waals surface area contributed by atoms with Gasteiger partial charge in [0, 0.05) is 36.5 Å². The van der Waals surface area contributed by atoms with Crippen LogP contribution in [-0.2, 0) is 11.3 Å². The average molecular weight is 303 g/mol. The number of nitrogens with one attached hydrogen (secondary N) is 1. The van der Waals surface area contributed by atoms with Crippen molar-refractivity contribution in [2.45, 2.75) is 18.6 Å². The van der Waals surface area contributed by atoms with Crippen molar-refractivity contribution < 1.29 is 4.79 Å². The Morgan fingerprint density at radius 2 is 2.19 bits per heavy atom. The number of fused-ring (bicyclic) bond motifs is 1. The SMILES string of the molecule is Cc1ccnc(NC(=O)C2CSc3nccc(=O)n3C2)n1. The molecule has 0 saturated carbocycles. The molecule has 0 aromatic carbocycles. The second-order valence-corrected chi connectivity index (χ2v) is 5.68.